The zero-order chi connectivity index (χ0) is 19.6. The van der Waals surface area contributed by atoms with Gasteiger partial charge >= 0.3 is 5.97 Å². The number of anilines is 1. The monoisotopic (exact) mass is 374 g/mol. The topological polar surface area (TPSA) is 91.0 Å². The predicted octanol–water partition coefficient (Wildman–Crippen LogP) is 3.73. The summed E-state index contributed by atoms with van der Waals surface area (Å²) in [6, 6.07) is 6.00. The maximum atomic E-state index is 14.6. The third-order valence-electron chi connectivity index (χ3n) is 3.56. The van der Waals surface area contributed by atoms with Crippen molar-refractivity contribution in [1.82, 2.24) is 15.0 Å². The molecule has 2 N–H and O–H groups in total. The molecule has 6 nitrogen and oxygen atoms in total. The van der Waals surface area contributed by atoms with Gasteiger partial charge in [0.15, 0.2) is 5.69 Å². The average Bonchev–Trinajstić information content (AvgIpc) is 2.61. The highest BCUT2D eigenvalue weighted by Gasteiger charge is 2.20. The van der Waals surface area contributed by atoms with Gasteiger partial charge in [0.1, 0.15) is 23.6 Å². The van der Waals surface area contributed by atoms with Gasteiger partial charge in [-0.25, -0.2) is 27.9 Å². The van der Waals surface area contributed by atoms with Gasteiger partial charge in [-0.05, 0) is 36.8 Å². The number of aromatic nitrogens is 3. The number of halogens is 3. The van der Waals surface area contributed by atoms with E-state index in [0.717, 1.165) is 18.5 Å². The number of nitrogen functional groups attached to an aromatic ring is 1. The molecule has 0 aliphatic rings. The maximum Gasteiger partial charge on any atom is 0.362 e. The van der Waals surface area contributed by atoms with Crippen molar-refractivity contribution in [2.24, 2.45) is 0 Å². The first-order valence-corrected chi connectivity index (χ1v) is 7.69. The summed E-state index contributed by atoms with van der Waals surface area (Å²) in [5.41, 5.74) is 5.22. The molecule has 138 valence electrons. The Morgan fingerprint density at radius 2 is 2.00 bits per heavy atom. The number of nitrogens with zero attached hydrogens (tertiary/aromatic N) is 3. The second kappa shape index (κ2) is 7.40. The summed E-state index contributed by atoms with van der Waals surface area (Å²) in [6.07, 6.45) is -0.350. The minimum Gasteiger partial charge on any atom is -0.421 e. The van der Waals surface area contributed by atoms with Crippen molar-refractivity contribution >= 4 is 11.7 Å². The molecule has 0 aliphatic carbocycles. The lowest BCUT2D eigenvalue weighted by atomic mass is 10.0. The Morgan fingerprint density at radius 1 is 1.22 bits per heavy atom. The zero-order valence-corrected chi connectivity index (χ0v) is 14.0. The third-order valence-corrected chi connectivity index (χ3v) is 3.56. The van der Waals surface area contributed by atoms with Crippen LogP contribution in [-0.4, -0.2) is 20.9 Å². The van der Waals surface area contributed by atoms with Crippen molar-refractivity contribution in [3.63, 3.8) is 0 Å². The molecule has 2 aromatic heterocycles. The summed E-state index contributed by atoms with van der Waals surface area (Å²) in [6.45, 7) is 1.50. The van der Waals surface area contributed by atoms with E-state index in [4.69, 9.17) is 10.5 Å². The number of carbonyl (C=O) groups is 1. The highest BCUT2D eigenvalue weighted by atomic mass is 19.3. The number of nitrogens with two attached hydrogens (primary N) is 1. The number of hydrogen-bond donors (Lipinski definition) is 1. The third kappa shape index (κ3) is 4.02. The van der Waals surface area contributed by atoms with Gasteiger partial charge in [0.05, 0.1) is 5.56 Å². The largest absolute Gasteiger partial charge is 0.421 e. The van der Waals surface area contributed by atoms with Gasteiger partial charge < -0.3 is 10.5 Å². The number of ether oxygens (including phenoxy) is 1. The lowest BCUT2D eigenvalue weighted by Crippen LogP contribution is -2.12. The molecule has 1 aromatic carbocycles. The summed E-state index contributed by atoms with van der Waals surface area (Å²) in [4.78, 5) is 23.4. The molecule has 0 spiro atoms. The molecule has 3 aromatic rings. The number of hydrogen-bond acceptors (Lipinski definition) is 6. The van der Waals surface area contributed by atoms with Crippen molar-refractivity contribution in [1.29, 1.82) is 0 Å². The summed E-state index contributed by atoms with van der Waals surface area (Å²) in [5.74, 6) is -1.92. The minimum atomic E-state index is -2.84. The van der Waals surface area contributed by atoms with E-state index in [9.17, 15) is 18.0 Å². The Bertz CT molecular complexity index is 997. The molecular formula is C18H13F3N4O2. The Hall–Kier alpha value is -3.49. The van der Waals surface area contributed by atoms with Crippen molar-refractivity contribution in [2.45, 2.75) is 13.3 Å². The van der Waals surface area contributed by atoms with Crippen LogP contribution in [0, 0.1) is 12.7 Å². The van der Waals surface area contributed by atoms with Crippen LogP contribution in [0.2, 0.25) is 0 Å². The van der Waals surface area contributed by atoms with E-state index in [1.807, 2.05) is 0 Å². The van der Waals surface area contributed by atoms with E-state index in [1.165, 1.54) is 31.3 Å². The van der Waals surface area contributed by atoms with Crippen LogP contribution in [0.15, 0.2) is 42.9 Å². The summed E-state index contributed by atoms with van der Waals surface area (Å²) >= 11 is 0. The smallest absolute Gasteiger partial charge is 0.362 e. The normalized spacial score (nSPS) is 10.9. The minimum absolute atomic E-state index is 0.00148. The van der Waals surface area contributed by atoms with E-state index >= 15 is 0 Å². The number of rotatable bonds is 4. The van der Waals surface area contributed by atoms with Gasteiger partial charge in [0.25, 0.3) is 6.43 Å². The predicted molar refractivity (Wildman–Crippen MR) is 90.7 cm³/mol. The van der Waals surface area contributed by atoms with Crippen LogP contribution < -0.4 is 10.5 Å². The molecule has 0 fully saturated rings. The summed E-state index contributed by atoms with van der Waals surface area (Å²) < 4.78 is 46.0. The molecule has 0 amide bonds. The standard InChI is InChI=1S/C18H13F3N4O2/c1-9-4-10(5-14(25-9)17(20)21)16-12(19)6-11(22)7-15(16)27-18(26)13-2-3-23-8-24-13/h2-8,17H,22H2,1H3. The molecule has 0 atom stereocenters. The lowest BCUT2D eigenvalue weighted by molar-refractivity contribution is 0.0729. The number of pyridine rings is 1. The first kappa shape index (κ1) is 18.3. The molecule has 0 aliphatic heterocycles. The van der Waals surface area contributed by atoms with Crippen molar-refractivity contribution < 1.29 is 22.7 Å². The lowest BCUT2D eigenvalue weighted by Gasteiger charge is -2.14. The van der Waals surface area contributed by atoms with Crippen molar-refractivity contribution in [2.75, 3.05) is 5.73 Å². The fourth-order valence-corrected chi connectivity index (χ4v) is 2.48. The Morgan fingerprint density at radius 3 is 2.67 bits per heavy atom. The van der Waals surface area contributed by atoms with Crippen LogP contribution in [0.1, 0.15) is 28.3 Å². The van der Waals surface area contributed by atoms with Gasteiger partial charge in [-0.2, -0.15) is 0 Å². The molecule has 9 heteroatoms. The number of carbonyl (C=O) groups excluding carboxylic acids is 1. The fourth-order valence-electron chi connectivity index (χ4n) is 2.48. The molecular weight excluding hydrogens is 361 g/mol. The number of alkyl halides is 2. The van der Waals surface area contributed by atoms with Crippen LogP contribution >= 0.6 is 0 Å². The Balaban J connectivity index is 2.10. The molecule has 0 saturated heterocycles. The van der Waals surface area contributed by atoms with Crippen LogP contribution in [0.3, 0.4) is 0 Å². The van der Waals surface area contributed by atoms with Crippen LogP contribution in [-0.2, 0) is 0 Å². The molecule has 0 bridgehead atoms. The van der Waals surface area contributed by atoms with E-state index in [1.54, 1.807) is 0 Å². The maximum absolute atomic E-state index is 14.6. The molecule has 2 heterocycles. The van der Waals surface area contributed by atoms with Crippen LogP contribution in [0.25, 0.3) is 11.1 Å². The summed E-state index contributed by atoms with van der Waals surface area (Å²) in [7, 11) is 0. The average molecular weight is 374 g/mol. The molecule has 0 radical (unpaired) electrons. The van der Waals surface area contributed by atoms with Gasteiger partial charge in [-0.15, -0.1) is 0 Å². The van der Waals surface area contributed by atoms with E-state index < -0.39 is 23.9 Å². The second-order valence-corrected chi connectivity index (χ2v) is 5.58. The quantitative estimate of drug-likeness (QED) is 0.425. The van der Waals surface area contributed by atoms with E-state index in [-0.39, 0.29) is 34.0 Å². The van der Waals surface area contributed by atoms with Gasteiger partial charge in [0.2, 0.25) is 0 Å². The molecule has 0 saturated carbocycles. The van der Waals surface area contributed by atoms with Crippen LogP contribution in [0.5, 0.6) is 5.75 Å². The fraction of sp³-hybridized carbons (Fsp3) is 0.111. The highest BCUT2D eigenvalue weighted by Crippen LogP contribution is 2.36. The second-order valence-electron chi connectivity index (χ2n) is 5.58. The van der Waals surface area contributed by atoms with Gasteiger partial charge in [-0.1, -0.05) is 0 Å². The number of aryl methyl sites for hydroxylation is 1. The van der Waals surface area contributed by atoms with Gasteiger partial charge in [0, 0.05) is 23.6 Å². The summed E-state index contributed by atoms with van der Waals surface area (Å²) in [5, 5.41) is 0. The zero-order valence-electron chi connectivity index (χ0n) is 14.0. The number of esters is 1. The first-order chi connectivity index (χ1) is 12.8. The van der Waals surface area contributed by atoms with Crippen LogP contribution in [0.4, 0.5) is 18.9 Å². The highest BCUT2D eigenvalue weighted by molar-refractivity contribution is 5.90. The molecule has 27 heavy (non-hydrogen) atoms. The van der Waals surface area contributed by atoms with E-state index in [2.05, 4.69) is 15.0 Å². The van der Waals surface area contributed by atoms with Gasteiger partial charge in [-0.3, -0.25) is 4.98 Å². The molecule has 0 unspecified atom stereocenters. The van der Waals surface area contributed by atoms with Crippen molar-refractivity contribution in [3.8, 4) is 16.9 Å². The Labute approximate surface area is 151 Å². The molecule has 3 rings (SSSR count). The first-order valence-electron chi connectivity index (χ1n) is 7.69. The Kier molecular flexibility index (Phi) is 5.02. The number of benzene rings is 1. The van der Waals surface area contributed by atoms with E-state index in [0.29, 0.717) is 0 Å². The SMILES string of the molecule is Cc1cc(-c2c(F)cc(N)cc2OC(=O)c2ccncn2)cc(C(F)F)n1. The van der Waals surface area contributed by atoms with Crippen molar-refractivity contribution in [3.05, 3.63) is 65.8 Å².